The molecule has 3 rings (SSSR count). The second-order valence-corrected chi connectivity index (χ2v) is 7.32. The summed E-state index contributed by atoms with van der Waals surface area (Å²) in [5.41, 5.74) is 3.03. The van der Waals surface area contributed by atoms with Crippen molar-refractivity contribution >= 4 is 19.7 Å². The standard InChI is InChI=1S/C14H23B2N3.C3H8/c1-14(2)11-9-7-8-10-12(11)19-13(14)17(5)15(3)18(6)16(19)4;1-3-2/h7-10,13H,1-6H3;3H2,1-2H3. The number of hydrogen-bond acceptors (Lipinski definition) is 3. The Morgan fingerprint density at radius 1 is 1.05 bits per heavy atom. The molecule has 2 aliphatic rings. The van der Waals surface area contributed by atoms with Crippen LogP contribution in [0.5, 0.6) is 0 Å². The molecule has 3 nitrogen and oxygen atoms in total. The molecule has 1 saturated heterocycles. The van der Waals surface area contributed by atoms with Gasteiger partial charge in [-0.1, -0.05) is 66.0 Å². The van der Waals surface area contributed by atoms with Crippen molar-refractivity contribution < 1.29 is 0 Å². The van der Waals surface area contributed by atoms with E-state index in [-0.39, 0.29) is 5.41 Å². The van der Waals surface area contributed by atoms with Crippen LogP contribution in [-0.4, -0.2) is 43.8 Å². The molecule has 0 N–H and O–H groups in total. The molecule has 1 atom stereocenters. The number of nitrogens with zero attached hydrogens (tertiary/aromatic N) is 3. The van der Waals surface area contributed by atoms with Crippen molar-refractivity contribution in [3.8, 4) is 0 Å². The van der Waals surface area contributed by atoms with Gasteiger partial charge in [-0.2, -0.15) is 0 Å². The molecule has 5 heteroatoms. The van der Waals surface area contributed by atoms with E-state index in [0.29, 0.717) is 20.1 Å². The van der Waals surface area contributed by atoms with Crippen LogP contribution in [0.25, 0.3) is 0 Å². The topological polar surface area (TPSA) is 9.72 Å². The van der Waals surface area contributed by atoms with Gasteiger partial charge in [0.1, 0.15) is 0 Å². The Morgan fingerprint density at radius 2 is 1.59 bits per heavy atom. The molecule has 1 aromatic carbocycles. The van der Waals surface area contributed by atoms with Crippen molar-refractivity contribution in [1.82, 2.24) is 9.53 Å². The fourth-order valence-electron chi connectivity index (χ4n) is 3.97. The van der Waals surface area contributed by atoms with Gasteiger partial charge in [0.2, 0.25) is 0 Å². The molecule has 120 valence electrons. The first-order valence-electron chi connectivity index (χ1n) is 8.60. The first-order valence-corrected chi connectivity index (χ1v) is 8.60. The molecule has 1 aromatic rings. The van der Waals surface area contributed by atoms with Crippen LogP contribution < -0.4 is 4.81 Å². The predicted octanol–water partition coefficient (Wildman–Crippen LogP) is 3.64. The van der Waals surface area contributed by atoms with E-state index >= 15 is 0 Å². The molecular formula is C17H31B2N3. The smallest absolute Gasteiger partial charge is 0.330 e. The highest BCUT2D eigenvalue weighted by atomic mass is 15.4. The SMILES string of the molecule is CB1N(C)B(C)N2c3ccccc3C(C)(C)C2N1C.CCC. The van der Waals surface area contributed by atoms with Crippen LogP contribution in [0, 0.1) is 0 Å². The Bertz CT molecular complexity index is 520. The van der Waals surface area contributed by atoms with Crippen LogP contribution in [0.15, 0.2) is 24.3 Å². The maximum Gasteiger partial charge on any atom is 0.330 e. The molecule has 0 bridgehead atoms. The molecule has 1 fully saturated rings. The van der Waals surface area contributed by atoms with E-state index in [4.69, 9.17) is 0 Å². The molecule has 0 spiro atoms. The first-order chi connectivity index (χ1) is 10.3. The second-order valence-electron chi connectivity index (χ2n) is 7.32. The number of rotatable bonds is 0. The zero-order valence-electron chi connectivity index (χ0n) is 15.6. The number of benzene rings is 1. The van der Waals surface area contributed by atoms with Gasteiger partial charge >= 0.3 is 6.98 Å². The number of likely N-dealkylation sites (N-methyl/N-ethyl adjacent to an activating group) is 1. The van der Waals surface area contributed by atoms with Gasteiger partial charge in [0.15, 0.2) is 0 Å². The maximum absolute atomic E-state index is 2.58. The van der Waals surface area contributed by atoms with E-state index in [1.807, 2.05) is 0 Å². The zero-order valence-corrected chi connectivity index (χ0v) is 15.6. The minimum atomic E-state index is 0.162. The summed E-state index contributed by atoms with van der Waals surface area (Å²) in [6.45, 7) is 14.5. The van der Waals surface area contributed by atoms with E-state index in [1.165, 1.54) is 17.7 Å². The summed E-state index contributed by atoms with van der Waals surface area (Å²) in [7, 11) is 4.47. The summed E-state index contributed by atoms with van der Waals surface area (Å²) in [5.74, 6) is 0. The summed E-state index contributed by atoms with van der Waals surface area (Å²) >= 11 is 0. The first kappa shape index (κ1) is 17.4. The van der Waals surface area contributed by atoms with Gasteiger partial charge in [0, 0.05) is 11.1 Å². The summed E-state index contributed by atoms with van der Waals surface area (Å²) in [4.78, 5) is 5.08. The van der Waals surface area contributed by atoms with Crippen LogP contribution in [0.3, 0.4) is 0 Å². The molecule has 2 heterocycles. The Labute approximate surface area is 137 Å². The molecule has 0 radical (unpaired) electrons. The molecule has 0 aliphatic carbocycles. The molecule has 0 aromatic heterocycles. The van der Waals surface area contributed by atoms with Gasteiger partial charge in [-0.15, -0.1) is 0 Å². The summed E-state index contributed by atoms with van der Waals surface area (Å²) in [6, 6.07) is 8.88. The van der Waals surface area contributed by atoms with Gasteiger partial charge in [0.05, 0.1) is 6.17 Å². The number of para-hydroxylation sites is 1. The van der Waals surface area contributed by atoms with Crippen LogP contribution >= 0.6 is 0 Å². The van der Waals surface area contributed by atoms with Crippen molar-refractivity contribution in [2.75, 3.05) is 18.9 Å². The predicted molar refractivity (Wildman–Crippen MR) is 100 cm³/mol. The fourth-order valence-corrected chi connectivity index (χ4v) is 3.97. The summed E-state index contributed by atoms with van der Waals surface area (Å²) in [5, 5.41) is 0. The van der Waals surface area contributed by atoms with E-state index in [9.17, 15) is 0 Å². The van der Waals surface area contributed by atoms with Crippen molar-refractivity contribution in [3.63, 3.8) is 0 Å². The highest BCUT2D eigenvalue weighted by Gasteiger charge is 2.54. The third-order valence-electron chi connectivity index (χ3n) is 5.34. The van der Waals surface area contributed by atoms with E-state index < -0.39 is 0 Å². The van der Waals surface area contributed by atoms with Crippen molar-refractivity contribution in [1.29, 1.82) is 0 Å². The highest BCUT2D eigenvalue weighted by Crippen LogP contribution is 2.48. The normalized spacial score (nSPS) is 23.8. The Kier molecular flexibility index (Phi) is 4.98. The van der Waals surface area contributed by atoms with Crippen molar-refractivity contribution in [2.45, 2.75) is 59.3 Å². The number of anilines is 1. The molecule has 22 heavy (non-hydrogen) atoms. The fraction of sp³-hybridized carbons (Fsp3) is 0.647. The Hall–Kier alpha value is -0.930. The monoisotopic (exact) mass is 299 g/mol. The van der Waals surface area contributed by atoms with E-state index in [2.05, 4.69) is 94.0 Å². The average molecular weight is 299 g/mol. The van der Waals surface area contributed by atoms with Crippen LogP contribution in [0.4, 0.5) is 5.69 Å². The van der Waals surface area contributed by atoms with Gasteiger partial charge in [-0.3, -0.25) is 0 Å². The average Bonchev–Trinajstić information content (AvgIpc) is 2.72. The van der Waals surface area contributed by atoms with E-state index in [1.54, 1.807) is 0 Å². The van der Waals surface area contributed by atoms with Crippen molar-refractivity contribution in [3.05, 3.63) is 29.8 Å². The minimum Gasteiger partial charge on any atom is -0.387 e. The molecule has 1 unspecified atom stereocenters. The summed E-state index contributed by atoms with van der Waals surface area (Å²) < 4.78 is 2.44. The quantitative estimate of drug-likeness (QED) is 0.677. The van der Waals surface area contributed by atoms with Gasteiger partial charge in [-0.25, -0.2) is 0 Å². The van der Waals surface area contributed by atoms with Gasteiger partial charge in [-0.05, 0) is 25.7 Å². The maximum atomic E-state index is 2.58. The van der Waals surface area contributed by atoms with Gasteiger partial charge in [0.25, 0.3) is 6.98 Å². The largest absolute Gasteiger partial charge is 0.387 e. The lowest BCUT2D eigenvalue weighted by atomic mass is 9.56. The Balaban J connectivity index is 0.000000545. The number of fused-ring (bicyclic) bond motifs is 3. The lowest BCUT2D eigenvalue weighted by Crippen LogP contribution is -2.73. The minimum absolute atomic E-state index is 0.162. The molecule has 0 amide bonds. The lowest BCUT2D eigenvalue weighted by Gasteiger charge is -2.53. The van der Waals surface area contributed by atoms with Gasteiger partial charge < -0.3 is 14.3 Å². The molecule has 2 aliphatic heterocycles. The zero-order chi connectivity index (χ0) is 16.7. The van der Waals surface area contributed by atoms with Crippen LogP contribution in [0.1, 0.15) is 39.7 Å². The number of hydrogen-bond donors (Lipinski definition) is 0. The highest BCUT2D eigenvalue weighted by molar-refractivity contribution is 6.74. The van der Waals surface area contributed by atoms with Crippen LogP contribution in [0.2, 0.25) is 13.6 Å². The second kappa shape index (κ2) is 6.29. The third-order valence-corrected chi connectivity index (χ3v) is 5.34. The Morgan fingerprint density at radius 3 is 2.18 bits per heavy atom. The molecular weight excluding hydrogens is 268 g/mol. The van der Waals surface area contributed by atoms with Crippen molar-refractivity contribution in [2.24, 2.45) is 0 Å². The van der Waals surface area contributed by atoms with Crippen LogP contribution in [-0.2, 0) is 5.41 Å². The lowest BCUT2D eigenvalue weighted by molar-refractivity contribution is 0.258. The third kappa shape index (κ3) is 2.48. The summed E-state index contributed by atoms with van der Waals surface area (Å²) in [6.07, 6.45) is 1.69. The molecule has 0 saturated carbocycles. The van der Waals surface area contributed by atoms with E-state index in [0.717, 1.165) is 0 Å².